The van der Waals surface area contributed by atoms with Gasteiger partial charge in [0.05, 0.1) is 19.0 Å². The molecule has 0 amide bonds. The number of H-pyrrole nitrogens is 1. The molecule has 0 saturated heterocycles. The minimum absolute atomic E-state index is 0.0466. The second kappa shape index (κ2) is 4.66. The lowest BCUT2D eigenvalue weighted by Crippen LogP contribution is -2.43. The van der Waals surface area contributed by atoms with Crippen LogP contribution in [0.1, 0.15) is 0 Å². The second-order valence-corrected chi connectivity index (χ2v) is 3.95. The van der Waals surface area contributed by atoms with Gasteiger partial charge in [-0.3, -0.25) is 14.6 Å². The molecule has 0 aromatic carbocycles. The summed E-state index contributed by atoms with van der Waals surface area (Å²) in [6.07, 6.45) is -0.0957. The van der Waals surface area contributed by atoms with Crippen LogP contribution in [0.2, 0.25) is 0 Å². The van der Waals surface area contributed by atoms with Crippen molar-refractivity contribution in [1.82, 2.24) is 19.5 Å². The number of fused-ring (bicyclic) bond motifs is 1. The molecule has 2 aromatic rings. The molecule has 0 aliphatic rings. The Kier molecular flexibility index (Phi) is 3.19. The highest BCUT2D eigenvalue weighted by atomic mass is 16.4. The fourth-order valence-electron chi connectivity index (χ4n) is 1.58. The van der Waals surface area contributed by atoms with Gasteiger partial charge < -0.3 is 26.2 Å². The van der Waals surface area contributed by atoms with E-state index in [4.69, 9.17) is 16.6 Å². The highest BCUT2D eigenvalue weighted by molar-refractivity contribution is 5.74. The van der Waals surface area contributed by atoms with Crippen LogP contribution < -0.4 is 17.0 Å². The molecule has 0 spiro atoms. The Morgan fingerprint density at radius 1 is 1.58 bits per heavy atom. The monoisotopic (exact) mass is 268 g/mol. The molecule has 0 saturated carbocycles. The number of aliphatic hydroxyl groups excluding tert-OH is 1. The number of aromatic nitrogens is 4. The van der Waals surface area contributed by atoms with Gasteiger partial charge >= 0.3 is 5.97 Å². The number of nitrogens with two attached hydrogens (primary N) is 2. The maximum absolute atomic E-state index is 11.5. The summed E-state index contributed by atoms with van der Waals surface area (Å²) in [7, 11) is 0. The van der Waals surface area contributed by atoms with Gasteiger partial charge in [0.2, 0.25) is 5.95 Å². The van der Waals surface area contributed by atoms with Gasteiger partial charge in [-0.1, -0.05) is 0 Å². The van der Waals surface area contributed by atoms with Crippen molar-refractivity contribution in [2.75, 3.05) is 5.73 Å². The van der Waals surface area contributed by atoms with Crippen molar-refractivity contribution in [3.05, 3.63) is 16.7 Å². The van der Waals surface area contributed by atoms with Crippen molar-refractivity contribution < 1.29 is 15.0 Å². The van der Waals surface area contributed by atoms with Gasteiger partial charge in [-0.05, 0) is 0 Å². The number of hydrogen-bond acceptors (Lipinski definition) is 7. The Bertz CT molecular complexity index is 677. The van der Waals surface area contributed by atoms with Gasteiger partial charge in [0.15, 0.2) is 11.2 Å². The number of nitrogens with one attached hydrogen (secondary N) is 1. The van der Waals surface area contributed by atoms with Gasteiger partial charge in [0, 0.05) is 0 Å². The minimum atomic E-state index is -1.45. The first-order chi connectivity index (χ1) is 8.90. The summed E-state index contributed by atoms with van der Waals surface area (Å²) in [5.74, 6) is -1.43. The fourth-order valence-corrected chi connectivity index (χ4v) is 1.58. The van der Waals surface area contributed by atoms with E-state index in [0.29, 0.717) is 0 Å². The quantitative estimate of drug-likeness (QED) is 0.403. The number of nitrogens with zero attached hydrogens (tertiary/aromatic N) is 3. The molecule has 2 unspecified atom stereocenters. The summed E-state index contributed by atoms with van der Waals surface area (Å²) in [5, 5.41) is 18.3. The molecule has 10 heteroatoms. The van der Waals surface area contributed by atoms with E-state index in [1.807, 2.05) is 0 Å². The highest BCUT2D eigenvalue weighted by Gasteiger charge is 2.23. The largest absolute Gasteiger partial charge is 0.480 e. The molecular weight excluding hydrogens is 256 g/mol. The van der Waals surface area contributed by atoms with E-state index < -0.39 is 23.7 Å². The van der Waals surface area contributed by atoms with Crippen molar-refractivity contribution >= 4 is 23.1 Å². The molecule has 0 radical (unpaired) electrons. The molecule has 19 heavy (non-hydrogen) atoms. The Labute approximate surface area is 105 Å². The van der Waals surface area contributed by atoms with Crippen LogP contribution in [-0.2, 0) is 11.3 Å². The summed E-state index contributed by atoms with van der Waals surface area (Å²) >= 11 is 0. The lowest BCUT2D eigenvalue weighted by molar-refractivity contribution is -0.141. The Morgan fingerprint density at radius 3 is 2.89 bits per heavy atom. The number of aliphatic carboxylic acids is 1. The van der Waals surface area contributed by atoms with E-state index in [1.165, 1.54) is 10.9 Å². The van der Waals surface area contributed by atoms with Crippen molar-refractivity contribution in [2.24, 2.45) is 5.73 Å². The summed E-state index contributed by atoms with van der Waals surface area (Å²) in [6, 6.07) is -1.45. The number of carboxylic acids is 1. The number of aromatic amines is 1. The second-order valence-electron chi connectivity index (χ2n) is 3.95. The van der Waals surface area contributed by atoms with Gasteiger partial charge in [0.1, 0.15) is 6.04 Å². The average Bonchev–Trinajstić information content (AvgIpc) is 2.71. The molecule has 2 aromatic heterocycles. The van der Waals surface area contributed by atoms with Crippen molar-refractivity contribution in [2.45, 2.75) is 18.7 Å². The van der Waals surface area contributed by atoms with Gasteiger partial charge in [-0.25, -0.2) is 4.98 Å². The minimum Gasteiger partial charge on any atom is -0.480 e. The number of anilines is 1. The fraction of sp³-hybridized carbons (Fsp3) is 0.333. The standard InChI is InChI=1S/C9H12N6O4/c10-4(8(18)19)3(16)1-15-2-12-5-6(15)13-9(11)14-7(5)17/h2-4,16H,1,10H2,(H,18,19)(H3,11,13,14,17). The predicted octanol–water partition coefficient (Wildman–Crippen LogP) is -2.53. The number of aliphatic hydroxyl groups is 1. The third kappa shape index (κ3) is 2.39. The van der Waals surface area contributed by atoms with E-state index in [0.717, 1.165) is 0 Å². The number of rotatable bonds is 4. The van der Waals surface area contributed by atoms with E-state index >= 15 is 0 Å². The van der Waals surface area contributed by atoms with Crippen molar-refractivity contribution in [3.63, 3.8) is 0 Å². The first-order valence-corrected chi connectivity index (χ1v) is 5.27. The molecule has 0 aliphatic carbocycles. The topological polar surface area (TPSA) is 173 Å². The van der Waals surface area contributed by atoms with E-state index in [2.05, 4.69) is 15.0 Å². The molecule has 7 N–H and O–H groups in total. The lowest BCUT2D eigenvalue weighted by atomic mass is 10.2. The zero-order chi connectivity index (χ0) is 14.2. The maximum atomic E-state index is 11.5. The molecule has 2 atom stereocenters. The summed E-state index contributed by atoms with van der Waals surface area (Å²) in [5.41, 5.74) is 10.4. The van der Waals surface area contributed by atoms with E-state index in [-0.39, 0.29) is 23.7 Å². The maximum Gasteiger partial charge on any atom is 0.323 e. The highest BCUT2D eigenvalue weighted by Crippen LogP contribution is 2.08. The molecule has 0 fully saturated rings. The number of nitrogen functional groups attached to an aromatic ring is 1. The number of carbonyl (C=O) groups is 1. The van der Waals surface area contributed by atoms with Crippen LogP contribution in [0.5, 0.6) is 0 Å². The molecule has 2 rings (SSSR count). The van der Waals surface area contributed by atoms with Crippen LogP contribution in [-0.4, -0.2) is 47.8 Å². The zero-order valence-electron chi connectivity index (χ0n) is 9.65. The van der Waals surface area contributed by atoms with Crippen LogP contribution in [0.4, 0.5) is 5.95 Å². The Morgan fingerprint density at radius 2 is 2.26 bits per heavy atom. The predicted molar refractivity (Wildman–Crippen MR) is 64.2 cm³/mol. The molecule has 2 heterocycles. The van der Waals surface area contributed by atoms with E-state index in [1.54, 1.807) is 0 Å². The van der Waals surface area contributed by atoms with E-state index in [9.17, 15) is 14.7 Å². The Hall–Kier alpha value is -2.46. The normalized spacial score (nSPS) is 14.4. The van der Waals surface area contributed by atoms with Gasteiger partial charge in [-0.15, -0.1) is 0 Å². The van der Waals surface area contributed by atoms with Crippen LogP contribution in [0.15, 0.2) is 11.1 Å². The third-order valence-corrected chi connectivity index (χ3v) is 2.58. The summed E-state index contributed by atoms with van der Waals surface area (Å²) in [4.78, 5) is 32.1. The molecule has 102 valence electrons. The number of imidazole rings is 1. The summed E-state index contributed by atoms with van der Waals surface area (Å²) < 4.78 is 1.31. The lowest BCUT2D eigenvalue weighted by Gasteiger charge is -2.15. The smallest absolute Gasteiger partial charge is 0.323 e. The third-order valence-electron chi connectivity index (χ3n) is 2.58. The first-order valence-electron chi connectivity index (χ1n) is 5.27. The van der Waals surface area contributed by atoms with Crippen LogP contribution in [0.3, 0.4) is 0 Å². The molecule has 10 nitrogen and oxygen atoms in total. The average molecular weight is 268 g/mol. The Balaban J connectivity index is 2.36. The zero-order valence-corrected chi connectivity index (χ0v) is 9.65. The van der Waals surface area contributed by atoms with Crippen LogP contribution >= 0.6 is 0 Å². The number of hydrogen-bond donors (Lipinski definition) is 5. The molecule has 0 bridgehead atoms. The van der Waals surface area contributed by atoms with Gasteiger partial charge in [0.25, 0.3) is 5.56 Å². The van der Waals surface area contributed by atoms with Gasteiger partial charge in [-0.2, -0.15) is 4.98 Å². The van der Waals surface area contributed by atoms with Crippen molar-refractivity contribution in [3.8, 4) is 0 Å². The van der Waals surface area contributed by atoms with Crippen molar-refractivity contribution in [1.29, 1.82) is 0 Å². The molecule has 0 aliphatic heterocycles. The van der Waals surface area contributed by atoms with Crippen LogP contribution in [0, 0.1) is 0 Å². The SMILES string of the molecule is Nc1nc2c(ncn2CC(O)C(N)C(=O)O)c(=O)[nH]1. The van der Waals surface area contributed by atoms with Crippen LogP contribution in [0.25, 0.3) is 11.2 Å². The number of carboxylic acid groups (broad SMARTS) is 1. The molecular formula is C9H12N6O4. The first kappa shape index (κ1) is 13.0. The summed E-state index contributed by atoms with van der Waals surface area (Å²) in [6.45, 7) is -0.167.